The minimum absolute atomic E-state index is 0.0182. The molecule has 0 radical (unpaired) electrons. The molecule has 3 N–H and O–H groups in total. The van der Waals surface area contributed by atoms with Crippen molar-refractivity contribution in [1.29, 1.82) is 0 Å². The van der Waals surface area contributed by atoms with Crippen LogP contribution in [0, 0.1) is 0 Å². The largest absolute Gasteiger partial charge is 0.466 e. The first-order chi connectivity index (χ1) is 36.0. The van der Waals surface area contributed by atoms with Gasteiger partial charge in [-0.1, -0.05) is 280 Å². The molecule has 0 fully saturated rings. The van der Waals surface area contributed by atoms with Crippen LogP contribution < -0.4 is 5.32 Å². The van der Waals surface area contributed by atoms with Gasteiger partial charge in [0.25, 0.3) is 0 Å². The average molecular weight is 1020 g/mol. The van der Waals surface area contributed by atoms with Crippen molar-refractivity contribution in [3.8, 4) is 0 Å². The van der Waals surface area contributed by atoms with Crippen LogP contribution in [0.1, 0.15) is 328 Å². The van der Waals surface area contributed by atoms with Crippen molar-refractivity contribution in [2.24, 2.45) is 0 Å². The predicted molar refractivity (Wildman–Crippen MR) is 319 cm³/mol. The number of nitrogens with one attached hydrogen (secondary N) is 1. The maximum atomic E-state index is 12.5. The Bertz CT molecular complexity index is 1270. The maximum Gasteiger partial charge on any atom is 0.305 e. The van der Waals surface area contributed by atoms with E-state index in [9.17, 15) is 19.8 Å². The van der Waals surface area contributed by atoms with Gasteiger partial charge in [0.1, 0.15) is 0 Å². The highest BCUT2D eigenvalue weighted by Crippen LogP contribution is 2.17. The Morgan fingerprint density at radius 3 is 1.15 bits per heavy atom. The van der Waals surface area contributed by atoms with E-state index in [0.717, 1.165) is 83.5 Å². The first-order valence-corrected chi connectivity index (χ1v) is 32.1. The van der Waals surface area contributed by atoms with Gasteiger partial charge in [-0.25, -0.2) is 0 Å². The van der Waals surface area contributed by atoms with Gasteiger partial charge in [0.15, 0.2) is 0 Å². The molecule has 2 atom stereocenters. The van der Waals surface area contributed by atoms with Crippen molar-refractivity contribution >= 4 is 11.9 Å². The molecule has 2 unspecified atom stereocenters. The van der Waals surface area contributed by atoms with E-state index < -0.39 is 12.1 Å². The Hall–Kier alpha value is -2.44. The number of ether oxygens (including phenoxy) is 1. The molecular weight excluding hydrogens is 899 g/mol. The molecule has 0 heterocycles. The Morgan fingerprint density at radius 1 is 0.397 bits per heavy atom. The van der Waals surface area contributed by atoms with Gasteiger partial charge in [-0.3, -0.25) is 9.59 Å². The molecule has 73 heavy (non-hydrogen) atoms. The molecule has 0 aromatic rings. The van der Waals surface area contributed by atoms with Gasteiger partial charge in [0, 0.05) is 12.8 Å². The number of amides is 1. The summed E-state index contributed by atoms with van der Waals surface area (Å²) in [4.78, 5) is 24.6. The summed E-state index contributed by atoms with van der Waals surface area (Å²) in [7, 11) is 0. The molecule has 0 bridgehead atoms. The summed E-state index contributed by atoms with van der Waals surface area (Å²) in [5, 5.41) is 23.2. The lowest BCUT2D eigenvalue weighted by molar-refractivity contribution is -0.143. The number of rotatable bonds is 59. The van der Waals surface area contributed by atoms with Gasteiger partial charge in [-0.05, 0) is 96.3 Å². The van der Waals surface area contributed by atoms with Crippen LogP contribution >= 0.6 is 0 Å². The summed E-state index contributed by atoms with van der Waals surface area (Å²) >= 11 is 0. The zero-order valence-corrected chi connectivity index (χ0v) is 48.6. The zero-order chi connectivity index (χ0) is 52.9. The molecule has 0 aliphatic carbocycles. The molecule has 6 heteroatoms. The summed E-state index contributed by atoms with van der Waals surface area (Å²) < 4.78 is 5.47. The van der Waals surface area contributed by atoms with Crippen molar-refractivity contribution in [3.63, 3.8) is 0 Å². The fourth-order valence-corrected chi connectivity index (χ4v) is 9.60. The predicted octanol–water partition coefficient (Wildman–Crippen LogP) is 20.3. The monoisotopic (exact) mass is 1020 g/mol. The van der Waals surface area contributed by atoms with Crippen LogP contribution in [-0.2, 0) is 14.3 Å². The molecule has 0 aromatic heterocycles. The van der Waals surface area contributed by atoms with Gasteiger partial charge < -0.3 is 20.3 Å². The highest BCUT2D eigenvalue weighted by molar-refractivity contribution is 5.76. The molecule has 426 valence electrons. The summed E-state index contributed by atoms with van der Waals surface area (Å²) in [6.45, 7) is 4.85. The topological polar surface area (TPSA) is 95.9 Å². The third-order valence-electron chi connectivity index (χ3n) is 14.5. The Balaban J connectivity index is 3.50. The summed E-state index contributed by atoms with van der Waals surface area (Å²) in [5.41, 5.74) is 0. The molecule has 0 aliphatic rings. The Kier molecular flexibility index (Phi) is 60.0. The van der Waals surface area contributed by atoms with Crippen LogP contribution in [0.2, 0.25) is 0 Å². The fraction of sp³-hybridized carbons (Fsp3) is 0.821. The Morgan fingerprint density at radius 2 is 0.726 bits per heavy atom. The van der Waals surface area contributed by atoms with Crippen LogP contribution in [0.4, 0.5) is 0 Å². The average Bonchev–Trinajstić information content (AvgIpc) is 3.39. The number of carbonyl (C=O) groups is 2. The van der Waals surface area contributed by atoms with Crippen LogP contribution in [-0.4, -0.2) is 47.4 Å². The molecule has 0 spiro atoms. The number of aliphatic hydroxyl groups is 2. The summed E-state index contributed by atoms with van der Waals surface area (Å²) in [6, 6.07) is -0.638. The van der Waals surface area contributed by atoms with Gasteiger partial charge >= 0.3 is 5.97 Å². The molecule has 6 nitrogen and oxygen atoms in total. The number of unbranched alkanes of at least 4 members (excludes halogenated alkanes) is 41. The normalized spacial score (nSPS) is 13.0. The highest BCUT2D eigenvalue weighted by atomic mass is 16.5. The first kappa shape index (κ1) is 70.6. The van der Waals surface area contributed by atoms with E-state index in [4.69, 9.17) is 4.74 Å². The van der Waals surface area contributed by atoms with Crippen molar-refractivity contribution in [2.45, 2.75) is 341 Å². The molecule has 0 aromatic carbocycles. The van der Waals surface area contributed by atoms with E-state index in [0.29, 0.717) is 19.4 Å². The second-order valence-electron chi connectivity index (χ2n) is 21.8. The van der Waals surface area contributed by atoms with Gasteiger partial charge in [0.05, 0.1) is 25.4 Å². The van der Waals surface area contributed by atoms with E-state index in [1.165, 1.54) is 218 Å². The van der Waals surface area contributed by atoms with Crippen molar-refractivity contribution < 1.29 is 24.5 Å². The molecule has 0 saturated carbocycles. The number of hydrogen-bond acceptors (Lipinski definition) is 5. The molecule has 0 aliphatic heterocycles. The summed E-state index contributed by atoms with van der Waals surface area (Å²) in [6.07, 6.45) is 81.2. The van der Waals surface area contributed by atoms with E-state index >= 15 is 0 Å². The lowest BCUT2D eigenvalue weighted by Gasteiger charge is -2.20. The van der Waals surface area contributed by atoms with Crippen molar-refractivity contribution in [1.82, 2.24) is 5.32 Å². The molecule has 0 rings (SSSR count). The van der Waals surface area contributed by atoms with Gasteiger partial charge in [-0.15, -0.1) is 0 Å². The van der Waals surface area contributed by atoms with E-state index in [-0.39, 0.29) is 18.5 Å². The molecule has 0 saturated heterocycles. The van der Waals surface area contributed by atoms with Gasteiger partial charge in [-0.2, -0.15) is 0 Å². The first-order valence-electron chi connectivity index (χ1n) is 32.1. The quantitative estimate of drug-likeness (QED) is 0.0244. The number of esters is 1. The minimum Gasteiger partial charge on any atom is -0.466 e. The minimum atomic E-state index is -0.853. The Labute approximate surface area is 454 Å². The third kappa shape index (κ3) is 58.7. The van der Waals surface area contributed by atoms with Crippen molar-refractivity contribution in [3.05, 3.63) is 60.8 Å². The summed E-state index contributed by atoms with van der Waals surface area (Å²) in [5.74, 6) is -0.0951. The van der Waals surface area contributed by atoms with E-state index in [1.807, 2.05) is 6.08 Å². The van der Waals surface area contributed by atoms with E-state index in [2.05, 4.69) is 67.8 Å². The zero-order valence-electron chi connectivity index (χ0n) is 48.6. The number of hydrogen-bond donors (Lipinski definition) is 3. The number of carbonyl (C=O) groups excluding carboxylic acids is 2. The second-order valence-corrected chi connectivity index (χ2v) is 21.8. The third-order valence-corrected chi connectivity index (χ3v) is 14.5. The molecule has 1 amide bonds. The van der Waals surface area contributed by atoms with Crippen LogP contribution in [0.25, 0.3) is 0 Å². The van der Waals surface area contributed by atoms with Crippen LogP contribution in [0.5, 0.6) is 0 Å². The standard InChI is InChI=1S/C67H123NO5/c1-3-5-7-9-11-13-15-17-19-21-24-29-33-37-41-45-49-53-57-61-67(72)73-62-58-54-50-46-42-38-34-30-26-23-25-28-32-36-40-44-48-52-56-60-66(71)68-64(63-69)65(70)59-55-51-47-43-39-35-31-27-22-20-18-16-14-12-10-8-6-4-2/h11,13,17,19,30,34,38,42,55,59,64-65,69-70H,3-10,12,14-16,18,20-29,31-33,35-37,39-41,43-54,56-58,60-63H2,1-2H3,(H,68,71)/b13-11-,19-17-,34-30-,42-38-,59-55+. The number of aliphatic hydroxyl groups excluding tert-OH is 2. The molecular formula is C67H123NO5. The second kappa shape index (κ2) is 62.1. The van der Waals surface area contributed by atoms with Crippen LogP contribution in [0.15, 0.2) is 60.8 Å². The smallest absolute Gasteiger partial charge is 0.305 e. The lowest BCUT2D eigenvalue weighted by Crippen LogP contribution is -2.45. The van der Waals surface area contributed by atoms with Crippen molar-refractivity contribution in [2.75, 3.05) is 13.2 Å². The van der Waals surface area contributed by atoms with Gasteiger partial charge in [0.2, 0.25) is 5.91 Å². The highest BCUT2D eigenvalue weighted by Gasteiger charge is 2.18. The lowest BCUT2D eigenvalue weighted by atomic mass is 10.0. The number of allylic oxidation sites excluding steroid dienone is 9. The fourth-order valence-electron chi connectivity index (χ4n) is 9.60. The van der Waals surface area contributed by atoms with E-state index in [1.54, 1.807) is 6.08 Å². The SMILES string of the molecule is CCCCC/C=C\C/C=C\CCCCCCCCCCCC(=O)OCCCCC/C=C\C=C/CCCCCCCCCCCCC(=O)NC(CO)C(O)/C=C/CCCCCCCCCCCCCCCCCC. The maximum absolute atomic E-state index is 12.5. The van der Waals surface area contributed by atoms with Crippen LogP contribution in [0.3, 0.4) is 0 Å².